The third-order valence-electron chi connectivity index (χ3n) is 16.0. The molecule has 9 rings (SSSR count). The van der Waals surface area contributed by atoms with Gasteiger partial charge in [-0.15, -0.1) is 0 Å². The molecule has 0 saturated carbocycles. The van der Waals surface area contributed by atoms with Crippen LogP contribution in [0, 0.1) is 57.5 Å². The Balaban J connectivity index is 0.000000250. The lowest BCUT2D eigenvalue weighted by Gasteiger charge is -2.27. The van der Waals surface area contributed by atoms with Gasteiger partial charge >= 0.3 is 63.5 Å². The van der Waals surface area contributed by atoms with E-state index in [1.807, 2.05) is 26.1 Å². The Kier molecular flexibility index (Phi) is 29.8. The quantitative estimate of drug-likeness (QED) is 0.0134. The van der Waals surface area contributed by atoms with Crippen LogP contribution in [0.2, 0.25) is 0 Å². The molecule has 3 unspecified atom stereocenters. The third-order valence-corrected chi connectivity index (χ3v) is 21.8. The monoisotopic (exact) mass is 1730 g/mol. The molecule has 6 heterocycles. The Hall–Kier alpha value is -8.94. The number of aliphatic hydroxyl groups is 3. The van der Waals surface area contributed by atoms with Gasteiger partial charge in [-0.05, 0) is 113 Å². The van der Waals surface area contributed by atoms with E-state index < -0.39 is 227 Å². The molecule has 624 valence electrons. The first-order chi connectivity index (χ1) is 56.3. The number of carbonyl (C=O) groups is 3. The molecule has 38 nitrogen and oxygen atoms in total. The molecule has 0 aliphatic carbocycles. The van der Waals surface area contributed by atoms with Crippen molar-refractivity contribution in [1.82, 2.24) is 38.9 Å². The van der Waals surface area contributed by atoms with Gasteiger partial charge in [-0.3, -0.25) is 61.6 Å². The van der Waals surface area contributed by atoms with Gasteiger partial charge in [0, 0.05) is 16.1 Å². The molecule has 3 saturated heterocycles. The van der Waals surface area contributed by atoms with Crippen LogP contribution in [-0.2, 0) is 70.1 Å². The predicted molar refractivity (Wildman–Crippen MR) is 409 cm³/mol. The molecule has 12 N–H and O–H groups in total. The van der Waals surface area contributed by atoms with Gasteiger partial charge in [0.1, 0.15) is 66.4 Å². The van der Waals surface area contributed by atoms with Gasteiger partial charge in [-0.25, -0.2) is 32.9 Å². The van der Waals surface area contributed by atoms with Crippen LogP contribution in [0.3, 0.4) is 0 Å². The van der Waals surface area contributed by atoms with Gasteiger partial charge in [-0.1, -0.05) is 93.1 Å². The number of hydrogen-bond donors (Lipinski definition) is 9. The van der Waals surface area contributed by atoms with Crippen molar-refractivity contribution in [2.45, 2.75) is 153 Å². The normalized spacial score (nSPS) is 26.2. The minimum absolute atomic E-state index is 0.0123. The van der Waals surface area contributed by atoms with Crippen LogP contribution in [0.5, 0.6) is 17.2 Å². The first-order valence-electron chi connectivity index (χ1n) is 37.1. The Bertz CT molecular complexity index is 5210. The maximum Gasteiger partial charge on any atom is 0.380 e. The van der Waals surface area contributed by atoms with E-state index >= 15 is 0 Å². The van der Waals surface area contributed by atoms with Crippen LogP contribution >= 0.6 is 57.6 Å². The molecule has 45 heteroatoms. The minimum atomic E-state index is -4.61. The highest BCUT2D eigenvalue weighted by Gasteiger charge is 2.59. The Morgan fingerprint density at radius 2 is 0.870 bits per heavy atom. The second-order valence-corrected chi connectivity index (χ2v) is 32.7. The van der Waals surface area contributed by atoms with Gasteiger partial charge in [0.15, 0.2) is 35.3 Å². The number of nitrogens with one attached hydrogen (secondary N) is 3. The van der Waals surface area contributed by atoms with Gasteiger partial charge in [0.2, 0.25) is 5.82 Å². The van der Waals surface area contributed by atoms with E-state index in [1.165, 1.54) is 57.2 Å². The number of ether oxygens (including phenoxy) is 6. The second kappa shape index (κ2) is 40.8. The zero-order valence-electron chi connectivity index (χ0n) is 68.1. The summed E-state index contributed by atoms with van der Waals surface area (Å²) in [5.41, 5.74) is 5.26. The molecular weight excluding hydrogens is 1650 g/mol. The fraction of sp³-hybridized carbons (Fsp3) is 0.471. The summed E-state index contributed by atoms with van der Waals surface area (Å²) in [6.07, 6.45) is -19.3. The lowest BCUT2D eigenvalue weighted by molar-refractivity contribution is -0.152. The molecule has 3 aliphatic rings. The summed E-state index contributed by atoms with van der Waals surface area (Å²) in [7, 11) is -13.7. The number of aromatic amines is 3. The minimum Gasteiger partial charge on any atom is -0.463 e. The molecule has 0 spiro atoms. The SMILES string of the molecule is [2H]C([2H])(O[P@@](=O)(C[C@@H](C)C(=O)OC(C)C)Oc1ccccc1)[C@H]1O[C@@H](n2cc(F)c(=O)[nH]c2=O)C(N)(C#CCl)[C@H]1O.[2H]C([2H])(O[P@@](=O)(C[C@@H](C)C(=O)OC(C)C)Oc1ccccc1)[C@H]1O[C@@H](n2cnc(=O)[nH]c2=O)C(N)(C#CCl)[C@H]1O.[2H]C([2H])(O[P@@](=O)(C[C@@H](C)C(=O)OC(C)C)Oc1ccccc1)[C@H]1O[C@@H](n2ncc(=O)[nH]c2=O)C(N)(C#CCl)[C@H]1O. The average molecular weight is 1740 g/mol. The summed E-state index contributed by atoms with van der Waals surface area (Å²) in [6.45, 7) is 4.43. The average Bonchev–Trinajstić information content (AvgIpc) is 1.59. The van der Waals surface area contributed by atoms with E-state index in [2.05, 4.69) is 27.8 Å². The predicted octanol–water partition coefficient (Wildman–Crippen LogP) is 3.63. The molecule has 115 heavy (non-hydrogen) atoms. The summed E-state index contributed by atoms with van der Waals surface area (Å²) in [6, 6.07) is 22.9. The number of para-hydroxylation sites is 3. The number of hydrogen-bond acceptors (Lipinski definition) is 32. The van der Waals surface area contributed by atoms with E-state index in [0.717, 1.165) is 12.5 Å². The number of esters is 3. The fourth-order valence-electron chi connectivity index (χ4n) is 10.5. The highest BCUT2D eigenvalue weighted by molar-refractivity contribution is 7.55. The number of H-pyrrole nitrogens is 3. The highest BCUT2D eigenvalue weighted by atomic mass is 35.5. The van der Waals surface area contributed by atoms with Gasteiger partial charge in [-0.2, -0.15) is 19.2 Å². The van der Waals surface area contributed by atoms with Gasteiger partial charge in [0.05, 0.1) is 88.6 Å². The van der Waals surface area contributed by atoms with Crippen LogP contribution < -0.4 is 64.6 Å². The molecule has 3 aliphatic heterocycles. The number of benzene rings is 3. The number of aromatic nitrogens is 8. The van der Waals surface area contributed by atoms with Crippen molar-refractivity contribution in [2.24, 2.45) is 35.0 Å². The van der Waals surface area contributed by atoms with E-state index in [4.69, 9.17) is 116 Å². The van der Waals surface area contributed by atoms with Gasteiger partial charge in [0.25, 0.3) is 11.1 Å². The zero-order chi connectivity index (χ0) is 90.5. The van der Waals surface area contributed by atoms with Crippen molar-refractivity contribution in [2.75, 3.05) is 38.2 Å². The number of nitrogens with two attached hydrogens (primary N) is 3. The summed E-state index contributed by atoms with van der Waals surface area (Å²) in [4.78, 5) is 118. The first kappa shape index (κ1) is 84.0. The second-order valence-electron chi connectivity index (χ2n) is 26.3. The zero-order valence-corrected chi connectivity index (χ0v) is 67.1. The molecule has 6 aromatic rings. The maximum absolute atomic E-state index is 14.1. The number of carbonyl (C=O) groups excluding carboxylic acids is 3. The van der Waals surface area contributed by atoms with Crippen molar-refractivity contribution >= 4 is 75.5 Å². The number of nitrogens with zero attached hydrogens (tertiary/aromatic N) is 5. The topological polar surface area (TPSA) is 542 Å². The lowest BCUT2D eigenvalue weighted by Crippen LogP contribution is -2.55. The van der Waals surface area contributed by atoms with Crippen molar-refractivity contribution < 1.29 is 112 Å². The summed E-state index contributed by atoms with van der Waals surface area (Å²) >= 11 is 16.6. The Labute approximate surface area is 678 Å². The number of aliphatic hydroxyl groups excluding tert-OH is 3. The highest BCUT2D eigenvalue weighted by Crippen LogP contribution is 2.54. The van der Waals surface area contributed by atoms with Crippen LogP contribution in [0.15, 0.2) is 138 Å². The maximum atomic E-state index is 14.1. The summed E-state index contributed by atoms with van der Waals surface area (Å²) < 4.78 is 174. The van der Waals surface area contributed by atoms with Crippen molar-refractivity contribution in [3.05, 3.63) is 178 Å². The number of halogens is 4. The molecular formula is C70H84Cl3FN11O27P3. The van der Waals surface area contributed by atoms with Crippen molar-refractivity contribution in [3.8, 4) is 51.1 Å². The molecule has 3 aromatic heterocycles. The molecule has 18 atom stereocenters. The molecule has 0 amide bonds. The van der Waals surface area contributed by atoms with Gasteiger partial charge < -0.3 is 74.5 Å². The summed E-state index contributed by atoms with van der Waals surface area (Å²) in [5.74, 6) is 0.0308. The van der Waals surface area contributed by atoms with E-state index in [0.29, 0.717) is 20.0 Å². The fourth-order valence-corrected chi connectivity index (χ4v) is 16.1. The molecule has 3 fully saturated rings. The Morgan fingerprint density at radius 3 is 1.20 bits per heavy atom. The standard InChI is InChI=1S/C24H28ClFN3O9P.2C23H28ClN4O9P/c1-14(2)36-21(32)15(3)13-39(34,38-16-7-5-4-6-8-16)35-12-18-19(30)24(27,9-10-25)22(37-18)29-11-17(26)20(31)28-23(29)33;1-14(2)35-20(31)15(3)13-38(33,37-16-7-5-4-6-8-16)34-12-17-19(30)23(25,9-10-24)21(36-17)28-22(32)27-18(29)11-26-28;1-14(2)35-19(30)15(3)12-38(33,37-16-7-5-4-6-8-16)34-11-17-18(29)23(25,9-10-24)20(36-17)28-13-26-21(31)27-22(28)32/h4-8,11,14-15,18-19,22,30H,12-13,27H2,1-3H3,(H,28,31,33);4-8,11,14-15,17,19,21,30H,12-13,25H2,1-3H3,(H,27,29,32);4-8,13-15,17-18,20,29H,11-12,25H2,1-3H3,(H,27,31,32)/t15-,18-,19+,22-,24?,39+;15-,17-,19+,21-,23?,38+;15-,17-,18+,20-,23?,38+/m111/s1/i2*12D2;11D2. The van der Waals surface area contributed by atoms with E-state index in [-0.39, 0.29) is 17.2 Å². The Morgan fingerprint density at radius 1 is 0.539 bits per heavy atom. The van der Waals surface area contributed by atoms with Crippen LogP contribution in [0.25, 0.3) is 0 Å². The number of rotatable bonds is 30. The summed E-state index contributed by atoms with van der Waals surface area (Å²) in [5, 5.41) is 42.7. The van der Waals surface area contributed by atoms with Crippen molar-refractivity contribution in [1.29, 1.82) is 0 Å². The largest absolute Gasteiger partial charge is 0.463 e. The van der Waals surface area contributed by atoms with E-state index in [9.17, 15) is 76.6 Å². The molecule has 0 bridgehead atoms. The van der Waals surface area contributed by atoms with Crippen LogP contribution in [-0.4, -0.2) is 182 Å². The van der Waals surface area contributed by atoms with E-state index in [1.54, 1.807) is 101 Å². The first-order valence-corrected chi connectivity index (χ1v) is 40.4. The lowest BCUT2D eigenvalue weighted by atomic mass is 9.92. The smallest absolute Gasteiger partial charge is 0.380 e. The molecule has 0 radical (unpaired) electrons. The van der Waals surface area contributed by atoms with Crippen LogP contribution in [0.4, 0.5) is 4.39 Å². The van der Waals surface area contributed by atoms with Crippen LogP contribution in [0.1, 0.15) is 89.2 Å². The molecule has 3 aromatic carbocycles. The third kappa shape index (κ3) is 24.6. The van der Waals surface area contributed by atoms with Crippen molar-refractivity contribution in [3.63, 3.8) is 0 Å².